The Morgan fingerprint density at radius 1 is 1.30 bits per heavy atom. The highest BCUT2D eigenvalue weighted by atomic mass is 32.1. The molecular weight excluding hydrogens is 286 g/mol. The largest absolute Gasteiger partial charge is 0.326 e. The summed E-state index contributed by atoms with van der Waals surface area (Å²) in [5, 5.41) is 3.08. The smallest absolute Gasteiger partial charge is 0.125 e. The number of thiophene rings is 1. The Hall–Kier alpha value is -1.30. The van der Waals surface area contributed by atoms with Gasteiger partial charge in [0.15, 0.2) is 0 Å². The summed E-state index contributed by atoms with van der Waals surface area (Å²) in [6, 6.07) is 4.20. The molecule has 3 nitrogen and oxygen atoms in total. The molecule has 2 N–H and O–H groups in total. The summed E-state index contributed by atoms with van der Waals surface area (Å²) in [4.78, 5) is 10.5. The third kappa shape index (κ3) is 2.37. The first-order valence-corrected chi connectivity index (χ1v) is 8.22. The molecule has 0 aromatic carbocycles. The summed E-state index contributed by atoms with van der Waals surface area (Å²) in [6.45, 7) is 7.06. The molecule has 0 fully saturated rings. The first-order chi connectivity index (χ1) is 9.49. The highest BCUT2D eigenvalue weighted by Crippen LogP contribution is 2.35. The monoisotopic (exact) mass is 303 g/mol. The molecule has 104 valence electrons. The van der Waals surface area contributed by atoms with Crippen LogP contribution in [0.25, 0.3) is 20.8 Å². The van der Waals surface area contributed by atoms with Crippen LogP contribution in [0.1, 0.15) is 31.3 Å². The van der Waals surface area contributed by atoms with Gasteiger partial charge in [-0.15, -0.1) is 22.7 Å². The molecule has 0 unspecified atom stereocenters. The van der Waals surface area contributed by atoms with E-state index in [1.165, 1.54) is 9.58 Å². The first kappa shape index (κ1) is 13.7. The minimum absolute atomic E-state index is 0.0178. The fourth-order valence-electron chi connectivity index (χ4n) is 2.16. The van der Waals surface area contributed by atoms with Gasteiger partial charge in [-0.2, -0.15) is 0 Å². The first-order valence-electron chi connectivity index (χ1n) is 6.53. The predicted octanol–water partition coefficient (Wildman–Crippen LogP) is 4.18. The molecule has 0 radical (unpaired) electrons. The number of hydrogen-bond acceptors (Lipinski definition) is 5. The summed E-state index contributed by atoms with van der Waals surface area (Å²) in [5.74, 6) is 0. The van der Waals surface area contributed by atoms with Gasteiger partial charge in [-0.25, -0.2) is 4.98 Å². The normalized spacial score (nSPS) is 12.2. The Bertz CT molecular complexity index is 750. The Morgan fingerprint density at radius 2 is 2.10 bits per heavy atom. The van der Waals surface area contributed by atoms with Gasteiger partial charge >= 0.3 is 0 Å². The summed E-state index contributed by atoms with van der Waals surface area (Å²) in [5.41, 5.74) is 9.12. The number of nitrogens with zero attached hydrogens (tertiary/aromatic N) is 2. The molecule has 0 atom stereocenters. The second-order valence-electron chi connectivity index (χ2n) is 5.77. The van der Waals surface area contributed by atoms with Crippen LogP contribution in [0.2, 0.25) is 0 Å². The molecular formula is C15H17N3S2. The van der Waals surface area contributed by atoms with Crippen molar-refractivity contribution >= 4 is 32.9 Å². The fourth-order valence-corrected chi connectivity index (χ4v) is 4.07. The maximum Gasteiger partial charge on any atom is 0.125 e. The van der Waals surface area contributed by atoms with E-state index in [1.807, 2.05) is 12.3 Å². The highest BCUT2D eigenvalue weighted by molar-refractivity contribution is 7.17. The molecule has 3 aromatic heterocycles. The van der Waals surface area contributed by atoms with E-state index in [4.69, 9.17) is 10.7 Å². The molecule has 0 aliphatic heterocycles. The second-order valence-corrected chi connectivity index (χ2v) is 7.80. The third-order valence-electron chi connectivity index (χ3n) is 3.14. The number of hydrogen-bond donors (Lipinski definition) is 1. The lowest BCUT2D eigenvalue weighted by atomic mass is 9.91. The number of rotatable bonds is 2. The van der Waals surface area contributed by atoms with Crippen LogP contribution in [-0.2, 0) is 12.0 Å². The average molecular weight is 303 g/mol. The lowest BCUT2D eigenvalue weighted by Gasteiger charge is -2.16. The van der Waals surface area contributed by atoms with Crippen molar-refractivity contribution in [2.75, 3.05) is 0 Å². The van der Waals surface area contributed by atoms with Gasteiger partial charge in [0.2, 0.25) is 0 Å². The van der Waals surface area contributed by atoms with Gasteiger partial charge in [-0.1, -0.05) is 20.8 Å². The van der Waals surface area contributed by atoms with Crippen LogP contribution < -0.4 is 5.73 Å². The van der Waals surface area contributed by atoms with Crippen LogP contribution in [0.5, 0.6) is 0 Å². The third-order valence-corrected chi connectivity index (χ3v) is 5.12. The average Bonchev–Trinajstić information content (AvgIpc) is 3.03. The molecule has 3 heterocycles. The Morgan fingerprint density at radius 3 is 2.75 bits per heavy atom. The highest BCUT2D eigenvalue weighted by Gasteiger charge is 2.23. The summed E-state index contributed by atoms with van der Waals surface area (Å²) < 4.78 is 1.20. The van der Waals surface area contributed by atoms with E-state index < -0.39 is 0 Å². The SMILES string of the molecule is CC(C)(C)c1nc(-c2cnc3ccsc3c2)sc1CN. The quantitative estimate of drug-likeness (QED) is 0.773. The summed E-state index contributed by atoms with van der Waals surface area (Å²) in [6.07, 6.45) is 1.90. The molecule has 5 heteroatoms. The zero-order valence-corrected chi connectivity index (χ0v) is 13.4. The van der Waals surface area contributed by atoms with E-state index in [1.54, 1.807) is 22.7 Å². The number of pyridine rings is 1. The Kier molecular flexibility index (Phi) is 3.36. The molecule has 0 aliphatic carbocycles. The van der Waals surface area contributed by atoms with Crippen molar-refractivity contribution in [2.24, 2.45) is 5.73 Å². The zero-order valence-electron chi connectivity index (χ0n) is 11.8. The number of nitrogens with two attached hydrogens (primary N) is 1. The Balaban J connectivity index is 2.11. The van der Waals surface area contributed by atoms with E-state index in [-0.39, 0.29) is 5.41 Å². The van der Waals surface area contributed by atoms with Gasteiger partial charge in [0.1, 0.15) is 5.01 Å². The Labute approximate surface area is 126 Å². The van der Waals surface area contributed by atoms with Gasteiger partial charge in [0.05, 0.1) is 15.9 Å². The standard InChI is InChI=1S/C15H17N3S2/c1-15(2,3)13-12(7-16)20-14(18-13)9-6-11-10(17-8-9)4-5-19-11/h4-6,8H,7,16H2,1-3H3. The predicted molar refractivity (Wildman–Crippen MR) is 87.3 cm³/mol. The lowest BCUT2D eigenvalue weighted by molar-refractivity contribution is 0.567. The van der Waals surface area contributed by atoms with Crippen LogP contribution >= 0.6 is 22.7 Å². The molecule has 3 rings (SSSR count). The summed E-state index contributed by atoms with van der Waals surface area (Å²) >= 11 is 3.39. The second kappa shape index (κ2) is 4.91. The van der Waals surface area contributed by atoms with Crippen LogP contribution in [0.3, 0.4) is 0 Å². The van der Waals surface area contributed by atoms with Crippen molar-refractivity contribution in [2.45, 2.75) is 32.7 Å². The van der Waals surface area contributed by atoms with Crippen LogP contribution in [0, 0.1) is 0 Å². The van der Waals surface area contributed by atoms with E-state index in [0.29, 0.717) is 6.54 Å². The van der Waals surface area contributed by atoms with Crippen molar-refractivity contribution in [1.29, 1.82) is 0 Å². The lowest BCUT2D eigenvalue weighted by Crippen LogP contribution is -2.15. The topological polar surface area (TPSA) is 51.8 Å². The zero-order chi connectivity index (χ0) is 14.3. The van der Waals surface area contributed by atoms with Crippen molar-refractivity contribution in [3.63, 3.8) is 0 Å². The van der Waals surface area contributed by atoms with Gasteiger partial charge in [0.25, 0.3) is 0 Å². The molecule has 0 spiro atoms. The molecule has 0 bridgehead atoms. The van der Waals surface area contributed by atoms with Crippen molar-refractivity contribution in [3.8, 4) is 10.6 Å². The molecule has 0 saturated heterocycles. The van der Waals surface area contributed by atoms with E-state index in [2.05, 4.69) is 37.2 Å². The van der Waals surface area contributed by atoms with E-state index in [0.717, 1.165) is 21.8 Å². The number of thiazole rings is 1. The van der Waals surface area contributed by atoms with Crippen LogP contribution in [-0.4, -0.2) is 9.97 Å². The fraction of sp³-hybridized carbons (Fsp3) is 0.333. The van der Waals surface area contributed by atoms with Crippen molar-refractivity contribution < 1.29 is 0 Å². The molecule has 0 aliphatic rings. The number of aromatic nitrogens is 2. The minimum Gasteiger partial charge on any atom is -0.326 e. The van der Waals surface area contributed by atoms with E-state index >= 15 is 0 Å². The van der Waals surface area contributed by atoms with Crippen molar-refractivity contribution in [3.05, 3.63) is 34.3 Å². The molecule has 0 amide bonds. The molecule has 3 aromatic rings. The molecule has 20 heavy (non-hydrogen) atoms. The number of fused-ring (bicyclic) bond motifs is 1. The van der Waals surface area contributed by atoms with Gasteiger partial charge in [0, 0.05) is 28.6 Å². The maximum atomic E-state index is 5.87. The minimum atomic E-state index is 0.0178. The van der Waals surface area contributed by atoms with Crippen LogP contribution in [0.15, 0.2) is 23.7 Å². The van der Waals surface area contributed by atoms with Crippen molar-refractivity contribution in [1.82, 2.24) is 9.97 Å². The maximum absolute atomic E-state index is 5.87. The van der Waals surface area contributed by atoms with Crippen LogP contribution in [0.4, 0.5) is 0 Å². The van der Waals surface area contributed by atoms with Gasteiger partial charge < -0.3 is 5.73 Å². The van der Waals surface area contributed by atoms with Gasteiger partial charge in [-0.05, 0) is 17.5 Å². The van der Waals surface area contributed by atoms with E-state index in [9.17, 15) is 0 Å². The summed E-state index contributed by atoms with van der Waals surface area (Å²) in [7, 11) is 0. The molecule has 0 saturated carbocycles. The van der Waals surface area contributed by atoms with Gasteiger partial charge in [-0.3, -0.25) is 4.98 Å².